The van der Waals surface area contributed by atoms with Gasteiger partial charge in [0.15, 0.2) is 0 Å². The van der Waals surface area contributed by atoms with Crippen LogP contribution in [0.3, 0.4) is 0 Å². The number of hydrogen-bond acceptors (Lipinski definition) is 1. The minimum Gasteiger partial charge on any atom is -0.391 e. The molecule has 1 rings (SSSR count). The summed E-state index contributed by atoms with van der Waals surface area (Å²) in [6.07, 6.45) is 4.96. The molecule has 0 fully saturated rings. The number of hydrogen-bond donors (Lipinski definition) is 0. The van der Waals surface area contributed by atoms with E-state index in [9.17, 15) is 0 Å². The monoisotopic (exact) mass is 266 g/mol. The molecule has 14 heavy (non-hydrogen) atoms. The van der Waals surface area contributed by atoms with Crippen LogP contribution in [-0.4, -0.2) is 4.98 Å². The molecule has 0 amide bonds. The largest absolute Gasteiger partial charge is 0.391 e. The molecule has 1 radical (unpaired) electrons. The average Bonchev–Trinajstić information content (AvgIpc) is 2.10. The summed E-state index contributed by atoms with van der Waals surface area (Å²) in [6, 6.07) is 0. The predicted molar refractivity (Wildman–Crippen MR) is 57.7 cm³/mol. The zero-order chi connectivity index (χ0) is 10.4. The Labute approximate surface area is 114 Å². The Balaban J connectivity index is 0. The number of aryl methyl sites for hydroxylation is 2. The summed E-state index contributed by atoms with van der Waals surface area (Å²) in [5.74, 6) is 0. The number of nitrogens with zero attached hydrogens (tertiary/aromatic N) is 1. The van der Waals surface area contributed by atoms with Gasteiger partial charge >= 0.3 is 0 Å². The molecule has 0 aliphatic heterocycles. The molecular weight excluding hydrogens is 247 g/mol. The summed E-state index contributed by atoms with van der Waals surface area (Å²) in [5, 5.41) is 0. The maximum atomic E-state index is 4.11. The van der Waals surface area contributed by atoms with Crippen molar-refractivity contribution in [3.05, 3.63) is 35.0 Å². The second-order valence-electron chi connectivity index (χ2n) is 3.26. The van der Waals surface area contributed by atoms with Gasteiger partial charge in [-0.25, -0.2) is 0 Å². The van der Waals surface area contributed by atoms with Crippen LogP contribution in [0.1, 0.15) is 36.2 Å². The Morgan fingerprint density at radius 2 is 1.43 bits per heavy atom. The second kappa shape index (κ2) is 8.55. The Morgan fingerprint density at radius 1 is 1.00 bits per heavy atom. The van der Waals surface area contributed by atoms with E-state index in [0.717, 1.165) is 11.3 Å². The zero-order valence-electron chi connectivity index (χ0n) is 10.1. The number of pyridine rings is 1. The maximum Gasteiger partial charge on any atom is 0 e. The zero-order valence-corrected chi connectivity index (χ0v) is 12.9. The smallest absolute Gasteiger partial charge is 0 e. The molecule has 0 bridgehead atoms. The van der Waals surface area contributed by atoms with Gasteiger partial charge in [0.25, 0.3) is 0 Å². The molecule has 0 aromatic carbocycles. The van der Waals surface area contributed by atoms with Crippen LogP contribution in [0.4, 0.5) is 0 Å². The third-order valence-corrected chi connectivity index (χ3v) is 2.06. The van der Waals surface area contributed by atoms with Crippen molar-refractivity contribution in [3.8, 4) is 0 Å². The Hall–Kier alpha value is 0.254. The first kappa shape index (κ1) is 16.7. The van der Waals surface area contributed by atoms with E-state index in [1.54, 1.807) is 0 Å². The van der Waals surface area contributed by atoms with Crippen LogP contribution in [-0.2, 0) is 32.7 Å². The topological polar surface area (TPSA) is 12.9 Å². The fraction of sp³-hybridized carbons (Fsp3) is 0.500. The van der Waals surface area contributed by atoms with Crippen molar-refractivity contribution in [1.82, 2.24) is 4.98 Å². The summed E-state index contributed by atoms with van der Waals surface area (Å²) < 4.78 is 0. The molecule has 0 N–H and O–H groups in total. The van der Waals surface area contributed by atoms with Crippen molar-refractivity contribution in [2.75, 3.05) is 0 Å². The van der Waals surface area contributed by atoms with E-state index in [1.165, 1.54) is 11.1 Å². The number of rotatable bonds is 0. The molecule has 1 heterocycles. The fourth-order valence-electron chi connectivity index (χ4n) is 0.888. The van der Waals surface area contributed by atoms with E-state index >= 15 is 0 Å². The molecule has 1 nitrogen and oxygen atoms in total. The third kappa shape index (κ3) is 5.21. The quantitative estimate of drug-likeness (QED) is 0.656. The fourth-order valence-corrected chi connectivity index (χ4v) is 0.888. The number of aromatic nitrogens is 1. The van der Waals surface area contributed by atoms with Crippen LogP contribution >= 0.6 is 0 Å². The molecule has 0 spiro atoms. The summed E-state index contributed by atoms with van der Waals surface area (Å²) >= 11 is 0. The molecule has 2 heteroatoms. The van der Waals surface area contributed by atoms with E-state index in [-0.39, 0.29) is 32.7 Å². The van der Waals surface area contributed by atoms with Crippen LogP contribution in [0, 0.1) is 40.3 Å². The minimum atomic E-state index is 0. The van der Waals surface area contributed by atoms with Crippen molar-refractivity contribution in [3.63, 3.8) is 0 Å². The first-order valence-corrected chi connectivity index (χ1v) is 4.60. The molecule has 0 saturated carbocycles. The Kier molecular flexibility index (Phi) is 10.2. The Bertz CT molecular complexity index is 242. The SMILES string of the molecule is C[CH-]C.Cc1[c-]nc(C)c(C)c1C.[Y]. The van der Waals surface area contributed by atoms with Gasteiger partial charge in [-0.2, -0.15) is 19.4 Å². The standard InChI is InChI=1S/C9H12N.C3H7.Y/c1-6-5-10-9(4)8(3)7(6)2;1-3-2;/h1-4H3;3H,1-2H3;/q2*-1;. The summed E-state index contributed by atoms with van der Waals surface area (Å²) in [5.41, 5.74) is 4.84. The van der Waals surface area contributed by atoms with E-state index in [1.807, 2.05) is 34.1 Å². The summed E-state index contributed by atoms with van der Waals surface area (Å²) in [6.45, 7) is 12.3. The van der Waals surface area contributed by atoms with Crippen LogP contribution in [0.25, 0.3) is 0 Å². The summed E-state index contributed by atoms with van der Waals surface area (Å²) in [7, 11) is 0. The van der Waals surface area contributed by atoms with Gasteiger partial charge in [0.05, 0.1) is 0 Å². The molecule has 77 valence electrons. The van der Waals surface area contributed by atoms with E-state index in [0.29, 0.717) is 0 Å². The van der Waals surface area contributed by atoms with Crippen LogP contribution in [0.15, 0.2) is 0 Å². The maximum absolute atomic E-state index is 4.11. The Morgan fingerprint density at radius 3 is 1.79 bits per heavy atom. The van der Waals surface area contributed by atoms with Gasteiger partial charge in [-0.1, -0.05) is 39.6 Å². The molecule has 1 aromatic heterocycles. The van der Waals surface area contributed by atoms with E-state index in [2.05, 4.69) is 25.0 Å². The van der Waals surface area contributed by atoms with Gasteiger partial charge in [0.1, 0.15) is 0 Å². The normalized spacial score (nSPS) is 8.43. The van der Waals surface area contributed by atoms with Gasteiger partial charge in [-0.05, 0) is 0 Å². The molecule has 0 saturated heterocycles. The molecule has 0 atom stereocenters. The van der Waals surface area contributed by atoms with Crippen LogP contribution < -0.4 is 0 Å². The molecule has 0 aliphatic carbocycles. The first-order chi connectivity index (χ1) is 6.04. The first-order valence-electron chi connectivity index (χ1n) is 4.60. The summed E-state index contributed by atoms with van der Waals surface area (Å²) in [4.78, 5) is 4.11. The van der Waals surface area contributed by atoms with Crippen molar-refractivity contribution >= 4 is 0 Å². The van der Waals surface area contributed by atoms with Crippen molar-refractivity contribution < 1.29 is 32.7 Å². The van der Waals surface area contributed by atoms with Crippen molar-refractivity contribution in [1.29, 1.82) is 0 Å². The van der Waals surface area contributed by atoms with Crippen LogP contribution in [0.2, 0.25) is 0 Å². The average molecular weight is 266 g/mol. The van der Waals surface area contributed by atoms with E-state index < -0.39 is 0 Å². The van der Waals surface area contributed by atoms with Crippen molar-refractivity contribution in [2.45, 2.75) is 41.5 Å². The van der Waals surface area contributed by atoms with Gasteiger partial charge < -0.3 is 11.4 Å². The van der Waals surface area contributed by atoms with Gasteiger partial charge in [-0.3, -0.25) is 0 Å². The predicted octanol–water partition coefficient (Wildman–Crippen LogP) is 3.34. The van der Waals surface area contributed by atoms with E-state index in [4.69, 9.17) is 0 Å². The minimum absolute atomic E-state index is 0. The second-order valence-corrected chi connectivity index (χ2v) is 3.26. The van der Waals surface area contributed by atoms with Crippen molar-refractivity contribution in [2.24, 2.45) is 0 Å². The van der Waals surface area contributed by atoms with Gasteiger partial charge in [0, 0.05) is 32.7 Å². The van der Waals surface area contributed by atoms with Gasteiger partial charge in [-0.15, -0.1) is 11.1 Å². The molecule has 0 aliphatic rings. The van der Waals surface area contributed by atoms with Crippen LogP contribution in [0.5, 0.6) is 0 Å². The molecule has 1 aromatic rings. The van der Waals surface area contributed by atoms with Gasteiger partial charge in [0.2, 0.25) is 0 Å². The third-order valence-electron chi connectivity index (χ3n) is 2.06. The molecule has 0 unspecified atom stereocenters. The molecular formula is C12H19NY-2.